The minimum atomic E-state index is 0.310. The Bertz CT molecular complexity index is 1790. The highest BCUT2D eigenvalue weighted by Gasteiger charge is 2.32. The summed E-state index contributed by atoms with van der Waals surface area (Å²) in [6.45, 7) is 8.57. The fourth-order valence-corrected chi connectivity index (χ4v) is 6.51. The summed E-state index contributed by atoms with van der Waals surface area (Å²) in [6, 6.07) is 22.0. The standard InChI is InChI=1S/C36H35N5/c1-4-25-16-31-28(21-41-15-14-37-22-41)9-7-11-34(31)40-35(25)36-32-17-26(12-13-29(32)24(3)23(2)18-39-36)33-20-38-19-27-8-5-6-10-30(27)33/h5-15,17,19-20,22-25H,4,16,18,21H2,1-3H3. The van der Waals surface area contributed by atoms with E-state index in [1.807, 2.05) is 31.1 Å². The molecule has 5 heteroatoms. The molecule has 3 aromatic carbocycles. The van der Waals surface area contributed by atoms with Crippen molar-refractivity contribution in [1.82, 2.24) is 14.5 Å². The molecule has 2 aromatic heterocycles. The molecule has 41 heavy (non-hydrogen) atoms. The molecule has 2 aliphatic rings. The van der Waals surface area contributed by atoms with Gasteiger partial charge in [-0.05, 0) is 64.5 Å². The number of hydrogen-bond donors (Lipinski definition) is 0. The summed E-state index contributed by atoms with van der Waals surface area (Å²) in [5.41, 5.74) is 10.9. The van der Waals surface area contributed by atoms with Crippen LogP contribution in [0.5, 0.6) is 0 Å². The highest BCUT2D eigenvalue weighted by atomic mass is 15.0. The maximum atomic E-state index is 5.40. The molecule has 4 heterocycles. The fourth-order valence-electron chi connectivity index (χ4n) is 6.51. The second-order valence-electron chi connectivity index (χ2n) is 11.6. The maximum Gasteiger partial charge on any atom is 0.0949 e. The zero-order valence-corrected chi connectivity index (χ0v) is 24.0. The third-order valence-corrected chi connectivity index (χ3v) is 9.14. The second kappa shape index (κ2) is 10.5. The first-order chi connectivity index (χ1) is 20.1. The van der Waals surface area contributed by atoms with Crippen LogP contribution >= 0.6 is 0 Å². The lowest BCUT2D eigenvalue weighted by atomic mass is 9.80. The number of imidazole rings is 1. The van der Waals surface area contributed by atoms with Gasteiger partial charge in [-0.25, -0.2) is 4.98 Å². The zero-order valence-electron chi connectivity index (χ0n) is 24.0. The molecule has 0 fully saturated rings. The Morgan fingerprint density at radius 2 is 1.83 bits per heavy atom. The van der Waals surface area contributed by atoms with Crippen molar-refractivity contribution in [2.24, 2.45) is 21.8 Å². The molecule has 2 aliphatic heterocycles. The van der Waals surface area contributed by atoms with E-state index in [4.69, 9.17) is 9.98 Å². The number of pyridine rings is 1. The quantitative estimate of drug-likeness (QED) is 0.228. The number of nitrogens with zero attached hydrogens (tertiary/aromatic N) is 5. The third-order valence-electron chi connectivity index (χ3n) is 9.14. The molecule has 3 unspecified atom stereocenters. The maximum absolute atomic E-state index is 5.40. The number of benzene rings is 3. The molecule has 3 atom stereocenters. The van der Waals surface area contributed by atoms with Crippen molar-refractivity contribution in [2.75, 3.05) is 6.54 Å². The van der Waals surface area contributed by atoms with Crippen molar-refractivity contribution in [3.8, 4) is 11.1 Å². The lowest BCUT2D eigenvalue weighted by Gasteiger charge is -2.28. The summed E-state index contributed by atoms with van der Waals surface area (Å²) < 4.78 is 2.13. The molecule has 5 nitrogen and oxygen atoms in total. The van der Waals surface area contributed by atoms with Crippen LogP contribution in [0.4, 0.5) is 5.69 Å². The summed E-state index contributed by atoms with van der Waals surface area (Å²) in [7, 11) is 0. The highest BCUT2D eigenvalue weighted by Crippen LogP contribution is 2.39. The van der Waals surface area contributed by atoms with Crippen LogP contribution in [0.1, 0.15) is 55.4 Å². The van der Waals surface area contributed by atoms with E-state index >= 15 is 0 Å². The number of aliphatic imine (C=N–C) groups is 2. The molecule has 7 rings (SSSR count). The van der Waals surface area contributed by atoms with E-state index in [2.05, 4.69) is 96.0 Å². The van der Waals surface area contributed by atoms with Crippen molar-refractivity contribution in [1.29, 1.82) is 0 Å². The van der Waals surface area contributed by atoms with Gasteiger partial charge >= 0.3 is 0 Å². The number of fused-ring (bicyclic) bond motifs is 3. The van der Waals surface area contributed by atoms with E-state index in [1.54, 1.807) is 0 Å². The Morgan fingerprint density at radius 1 is 0.927 bits per heavy atom. The third kappa shape index (κ3) is 4.59. The van der Waals surface area contributed by atoms with E-state index < -0.39 is 0 Å². The van der Waals surface area contributed by atoms with Crippen molar-refractivity contribution in [3.63, 3.8) is 0 Å². The van der Waals surface area contributed by atoms with Crippen molar-refractivity contribution < 1.29 is 0 Å². The van der Waals surface area contributed by atoms with Gasteiger partial charge in [-0.15, -0.1) is 0 Å². The normalized spacial score (nSPS) is 20.1. The SMILES string of the molecule is CCC1Cc2c(Cn3ccnc3)cccc2N=C1C1=NCC(C)C(C)c2ccc(-c3cncc4ccccc34)cc21. The lowest BCUT2D eigenvalue weighted by Crippen LogP contribution is -2.30. The van der Waals surface area contributed by atoms with Crippen LogP contribution in [-0.2, 0) is 13.0 Å². The van der Waals surface area contributed by atoms with Gasteiger partial charge in [0.2, 0.25) is 0 Å². The van der Waals surface area contributed by atoms with E-state index in [0.29, 0.717) is 17.8 Å². The fraction of sp³-hybridized carbons (Fsp3) is 0.278. The van der Waals surface area contributed by atoms with E-state index in [9.17, 15) is 0 Å². The molecule has 0 N–H and O–H groups in total. The van der Waals surface area contributed by atoms with Crippen LogP contribution in [0.25, 0.3) is 21.9 Å². The number of aromatic nitrogens is 3. The van der Waals surface area contributed by atoms with E-state index in [1.165, 1.54) is 33.2 Å². The van der Waals surface area contributed by atoms with Crippen molar-refractivity contribution >= 4 is 27.9 Å². The summed E-state index contributed by atoms with van der Waals surface area (Å²) >= 11 is 0. The van der Waals surface area contributed by atoms with Gasteiger partial charge in [0.05, 0.1) is 23.4 Å². The largest absolute Gasteiger partial charge is 0.333 e. The van der Waals surface area contributed by atoms with E-state index in [0.717, 1.165) is 54.0 Å². The molecule has 204 valence electrons. The van der Waals surface area contributed by atoms with Gasteiger partial charge < -0.3 is 4.57 Å². The molecule has 0 radical (unpaired) electrons. The van der Waals surface area contributed by atoms with Crippen LogP contribution in [0.2, 0.25) is 0 Å². The molecule has 0 amide bonds. The van der Waals surface area contributed by atoms with Gasteiger partial charge in [0.15, 0.2) is 0 Å². The van der Waals surface area contributed by atoms with Crippen LogP contribution in [0.3, 0.4) is 0 Å². The van der Waals surface area contributed by atoms with Gasteiger partial charge in [-0.2, -0.15) is 0 Å². The van der Waals surface area contributed by atoms with Crippen LogP contribution in [0.15, 0.2) is 102 Å². The van der Waals surface area contributed by atoms with Gasteiger partial charge in [0.25, 0.3) is 0 Å². The molecule has 0 spiro atoms. The zero-order chi connectivity index (χ0) is 27.9. The molecule has 0 aliphatic carbocycles. The Balaban J connectivity index is 1.37. The molecule has 0 saturated heterocycles. The van der Waals surface area contributed by atoms with Gasteiger partial charge in [0, 0.05) is 60.3 Å². The van der Waals surface area contributed by atoms with Gasteiger partial charge in [-0.1, -0.05) is 69.3 Å². The van der Waals surface area contributed by atoms with Crippen LogP contribution < -0.4 is 0 Å². The van der Waals surface area contributed by atoms with Crippen molar-refractivity contribution in [2.45, 2.75) is 46.1 Å². The Labute approximate surface area is 241 Å². The summed E-state index contributed by atoms with van der Waals surface area (Å²) in [6.07, 6.45) is 11.7. The van der Waals surface area contributed by atoms with Crippen molar-refractivity contribution in [3.05, 3.63) is 114 Å². The molecule has 0 saturated carbocycles. The monoisotopic (exact) mass is 537 g/mol. The second-order valence-corrected chi connectivity index (χ2v) is 11.6. The lowest BCUT2D eigenvalue weighted by molar-refractivity contribution is 0.504. The minimum absolute atomic E-state index is 0.310. The molecule has 0 bridgehead atoms. The molecular formula is C36H35N5. The Hall–Kier alpha value is -4.38. The number of hydrogen-bond acceptors (Lipinski definition) is 4. The predicted molar refractivity (Wildman–Crippen MR) is 169 cm³/mol. The average Bonchev–Trinajstić information content (AvgIpc) is 3.49. The smallest absolute Gasteiger partial charge is 0.0949 e. The first-order valence-electron chi connectivity index (χ1n) is 14.8. The predicted octanol–water partition coefficient (Wildman–Crippen LogP) is 8.04. The first-order valence-corrected chi connectivity index (χ1v) is 14.8. The first kappa shape index (κ1) is 25.6. The Kier molecular flexibility index (Phi) is 6.58. The van der Waals surface area contributed by atoms with Crippen LogP contribution in [-0.4, -0.2) is 32.5 Å². The highest BCUT2D eigenvalue weighted by molar-refractivity contribution is 6.50. The van der Waals surface area contributed by atoms with Gasteiger partial charge in [0.1, 0.15) is 0 Å². The summed E-state index contributed by atoms with van der Waals surface area (Å²) in [5, 5.41) is 2.37. The van der Waals surface area contributed by atoms with E-state index in [-0.39, 0.29) is 0 Å². The minimum Gasteiger partial charge on any atom is -0.333 e. The topological polar surface area (TPSA) is 55.4 Å². The number of rotatable bonds is 5. The van der Waals surface area contributed by atoms with Gasteiger partial charge in [-0.3, -0.25) is 15.0 Å². The van der Waals surface area contributed by atoms with Crippen LogP contribution in [0, 0.1) is 11.8 Å². The summed E-state index contributed by atoms with van der Waals surface area (Å²) in [4.78, 5) is 19.6. The molecular weight excluding hydrogens is 502 g/mol. The molecule has 5 aromatic rings. The Morgan fingerprint density at radius 3 is 2.68 bits per heavy atom. The summed E-state index contributed by atoms with van der Waals surface area (Å²) in [5.74, 6) is 1.17. The average molecular weight is 538 g/mol.